The molecule has 0 heterocycles. The number of Topliss-reactive ketones (excluding diaryl/α,β-unsaturated/α-hetero) is 1. The van der Waals surface area contributed by atoms with Crippen molar-refractivity contribution in [1.29, 1.82) is 0 Å². The van der Waals surface area contributed by atoms with Crippen molar-refractivity contribution in [2.24, 2.45) is 11.8 Å². The predicted molar refractivity (Wildman–Crippen MR) is 104 cm³/mol. The molecule has 142 valence electrons. The summed E-state index contributed by atoms with van der Waals surface area (Å²) in [6.45, 7) is 0.473. The number of ketones is 1. The Morgan fingerprint density at radius 1 is 0.963 bits per heavy atom. The lowest BCUT2D eigenvalue weighted by molar-refractivity contribution is -0.145. The third-order valence-electron chi connectivity index (χ3n) is 5.25. The fourth-order valence-corrected chi connectivity index (χ4v) is 3.74. The zero-order valence-corrected chi connectivity index (χ0v) is 15.7. The first-order valence-electron chi connectivity index (χ1n) is 9.58. The SMILES string of the molecule is COC(=O)C(C(=O)c1ccc(OCc2ccccc2)cc1)C1CCCCC1. The molecule has 2 aromatic rings. The fraction of sp³-hybridized carbons (Fsp3) is 0.391. The average Bonchev–Trinajstić information content (AvgIpc) is 2.74. The Morgan fingerprint density at radius 3 is 2.26 bits per heavy atom. The molecule has 0 aliphatic heterocycles. The molecule has 27 heavy (non-hydrogen) atoms. The standard InChI is InChI=1S/C23H26O4/c1-26-23(25)21(18-10-6-3-7-11-18)22(24)19-12-14-20(15-13-19)27-16-17-8-4-2-5-9-17/h2,4-5,8-9,12-15,18,21H,3,6-7,10-11,16H2,1H3. The zero-order valence-electron chi connectivity index (χ0n) is 15.7. The maximum absolute atomic E-state index is 13.0. The largest absolute Gasteiger partial charge is 0.489 e. The third kappa shape index (κ3) is 4.97. The molecule has 0 aromatic heterocycles. The molecule has 0 N–H and O–H groups in total. The van der Waals surface area contributed by atoms with Gasteiger partial charge in [0.05, 0.1) is 7.11 Å². The molecule has 4 heteroatoms. The van der Waals surface area contributed by atoms with Gasteiger partial charge in [0.15, 0.2) is 5.78 Å². The Bertz CT molecular complexity index is 746. The van der Waals surface area contributed by atoms with Crippen LogP contribution in [-0.2, 0) is 16.1 Å². The highest BCUT2D eigenvalue weighted by atomic mass is 16.5. The van der Waals surface area contributed by atoms with Crippen LogP contribution in [0.5, 0.6) is 5.75 Å². The van der Waals surface area contributed by atoms with Crippen molar-refractivity contribution < 1.29 is 19.1 Å². The highest BCUT2D eigenvalue weighted by Crippen LogP contribution is 2.33. The Labute approximate surface area is 160 Å². The quantitative estimate of drug-likeness (QED) is 0.401. The molecule has 0 amide bonds. The van der Waals surface area contributed by atoms with Gasteiger partial charge in [-0.3, -0.25) is 9.59 Å². The summed E-state index contributed by atoms with van der Waals surface area (Å²) in [6, 6.07) is 17.0. The average molecular weight is 366 g/mol. The molecule has 0 saturated heterocycles. The molecule has 1 fully saturated rings. The minimum atomic E-state index is -0.702. The predicted octanol–water partition coefficient (Wildman–Crippen LogP) is 4.82. The Morgan fingerprint density at radius 2 is 1.63 bits per heavy atom. The van der Waals surface area contributed by atoms with Gasteiger partial charge in [-0.15, -0.1) is 0 Å². The molecular weight excluding hydrogens is 340 g/mol. The summed E-state index contributed by atoms with van der Waals surface area (Å²) in [7, 11) is 1.35. The van der Waals surface area contributed by atoms with E-state index in [9.17, 15) is 9.59 Å². The van der Waals surface area contributed by atoms with Crippen molar-refractivity contribution in [3.8, 4) is 5.75 Å². The van der Waals surface area contributed by atoms with E-state index in [1.54, 1.807) is 24.3 Å². The number of carbonyl (C=O) groups is 2. The number of rotatable bonds is 7. The van der Waals surface area contributed by atoms with Crippen LogP contribution in [0, 0.1) is 11.8 Å². The molecule has 2 aromatic carbocycles. The minimum absolute atomic E-state index is 0.0766. The van der Waals surface area contributed by atoms with E-state index in [4.69, 9.17) is 9.47 Å². The maximum Gasteiger partial charge on any atom is 0.316 e. The van der Waals surface area contributed by atoms with Gasteiger partial charge in [0, 0.05) is 5.56 Å². The summed E-state index contributed by atoms with van der Waals surface area (Å²) in [4.78, 5) is 25.3. The maximum atomic E-state index is 13.0. The molecule has 1 atom stereocenters. The van der Waals surface area contributed by atoms with Crippen LogP contribution in [0.4, 0.5) is 0 Å². The van der Waals surface area contributed by atoms with Crippen molar-refractivity contribution in [2.45, 2.75) is 38.7 Å². The molecule has 0 spiro atoms. The third-order valence-corrected chi connectivity index (χ3v) is 5.25. The Hall–Kier alpha value is -2.62. The van der Waals surface area contributed by atoms with Crippen LogP contribution in [0.2, 0.25) is 0 Å². The molecule has 0 radical (unpaired) electrons. The first-order chi connectivity index (χ1) is 13.2. The summed E-state index contributed by atoms with van der Waals surface area (Å²) < 4.78 is 10.7. The number of ether oxygens (including phenoxy) is 2. The summed E-state index contributed by atoms with van der Waals surface area (Å²) in [6.07, 6.45) is 5.12. The van der Waals surface area contributed by atoms with E-state index in [1.165, 1.54) is 13.5 Å². The topological polar surface area (TPSA) is 52.6 Å². The van der Waals surface area contributed by atoms with Gasteiger partial charge >= 0.3 is 5.97 Å². The molecule has 1 aliphatic rings. The van der Waals surface area contributed by atoms with Crippen molar-refractivity contribution in [2.75, 3.05) is 7.11 Å². The van der Waals surface area contributed by atoms with Crippen LogP contribution in [0.25, 0.3) is 0 Å². The van der Waals surface area contributed by atoms with Gasteiger partial charge in [0.25, 0.3) is 0 Å². The second-order valence-electron chi connectivity index (χ2n) is 7.06. The molecular formula is C23H26O4. The first kappa shape index (κ1) is 19.2. The van der Waals surface area contributed by atoms with Crippen molar-refractivity contribution in [3.63, 3.8) is 0 Å². The van der Waals surface area contributed by atoms with Crippen molar-refractivity contribution >= 4 is 11.8 Å². The number of benzene rings is 2. The van der Waals surface area contributed by atoms with E-state index in [0.717, 1.165) is 31.2 Å². The van der Waals surface area contributed by atoms with E-state index in [-0.39, 0.29) is 11.7 Å². The van der Waals surface area contributed by atoms with Crippen LogP contribution in [0.15, 0.2) is 54.6 Å². The van der Waals surface area contributed by atoms with Gasteiger partial charge in [-0.2, -0.15) is 0 Å². The smallest absolute Gasteiger partial charge is 0.316 e. The van der Waals surface area contributed by atoms with Crippen LogP contribution in [-0.4, -0.2) is 18.9 Å². The van der Waals surface area contributed by atoms with Gasteiger partial charge in [-0.25, -0.2) is 0 Å². The monoisotopic (exact) mass is 366 g/mol. The zero-order chi connectivity index (χ0) is 19.1. The lowest BCUT2D eigenvalue weighted by Gasteiger charge is -2.27. The Kier molecular flexibility index (Phi) is 6.64. The molecule has 1 aliphatic carbocycles. The molecule has 3 rings (SSSR count). The number of esters is 1. The molecule has 4 nitrogen and oxygen atoms in total. The van der Waals surface area contributed by atoms with E-state index < -0.39 is 11.9 Å². The molecule has 1 unspecified atom stereocenters. The number of carbonyl (C=O) groups excluding carboxylic acids is 2. The lowest BCUT2D eigenvalue weighted by atomic mass is 9.77. The van der Waals surface area contributed by atoms with Crippen LogP contribution in [0.3, 0.4) is 0 Å². The highest BCUT2D eigenvalue weighted by molar-refractivity contribution is 6.08. The summed E-state index contributed by atoms with van der Waals surface area (Å²) >= 11 is 0. The van der Waals surface area contributed by atoms with E-state index in [1.807, 2.05) is 30.3 Å². The molecule has 1 saturated carbocycles. The van der Waals surface area contributed by atoms with Gasteiger partial charge in [0.1, 0.15) is 18.3 Å². The summed E-state index contributed by atoms with van der Waals surface area (Å²) in [5.74, 6) is -0.499. The number of methoxy groups -OCH3 is 1. The highest BCUT2D eigenvalue weighted by Gasteiger charge is 2.36. The number of hydrogen-bond donors (Lipinski definition) is 0. The van der Waals surface area contributed by atoms with Gasteiger partial charge in [-0.1, -0.05) is 49.6 Å². The van der Waals surface area contributed by atoms with Gasteiger partial charge < -0.3 is 9.47 Å². The fourth-order valence-electron chi connectivity index (χ4n) is 3.74. The first-order valence-corrected chi connectivity index (χ1v) is 9.58. The minimum Gasteiger partial charge on any atom is -0.489 e. The second-order valence-corrected chi connectivity index (χ2v) is 7.06. The van der Waals surface area contributed by atoms with Crippen molar-refractivity contribution in [1.82, 2.24) is 0 Å². The lowest BCUT2D eigenvalue weighted by Crippen LogP contribution is -2.33. The van der Waals surface area contributed by atoms with Crippen LogP contribution >= 0.6 is 0 Å². The normalized spacial score (nSPS) is 15.7. The van der Waals surface area contributed by atoms with Crippen molar-refractivity contribution in [3.05, 3.63) is 65.7 Å². The van der Waals surface area contributed by atoms with Crippen LogP contribution < -0.4 is 4.74 Å². The van der Waals surface area contributed by atoms with E-state index >= 15 is 0 Å². The summed E-state index contributed by atoms with van der Waals surface area (Å²) in [5.41, 5.74) is 1.61. The number of hydrogen-bond acceptors (Lipinski definition) is 4. The second kappa shape index (κ2) is 9.36. The van der Waals surface area contributed by atoms with Crippen LogP contribution in [0.1, 0.15) is 48.0 Å². The van der Waals surface area contributed by atoms with E-state index in [2.05, 4.69) is 0 Å². The van der Waals surface area contributed by atoms with Gasteiger partial charge in [0.2, 0.25) is 0 Å². The van der Waals surface area contributed by atoms with E-state index in [0.29, 0.717) is 17.9 Å². The summed E-state index contributed by atoms with van der Waals surface area (Å²) in [5, 5.41) is 0. The van der Waals surface area contributed by atoms with Gasteiger partial charge in [-0.05, 0) is 48.6 Å². The molecule has 0 bridgehead atoms. The Balaban J connectivity index is 1.68.